The topological polar surface area (TPSA) is 95.7 Å². The lowest BCUT2D eigenvalue weighted by Crippen LogP contribution is -2.45. The second kappa shape index (κ2) is 9.07. The molecular formula is C15H26F3N7O2S. The summed E-state index contributed by atoms with van der Waals surface area (Å²) in [5, 5.41) is 7.19. The number of sulfonamides is 1. The molecule has 2 rings (SSSR count). The Bertz CT molecular complexity index is 771. The highest BCUT2D eigenvalue weighted by Gasteiger charge is 2.50. The molecule has 9 nitrogen and oxygen atoms in total. The molecule has 1 aliphatic rings. The fourth-order valence-electron chi connectivity index (χ4n) is 2.91. The van der Waals surface area contributed by atoms with E-state index in [2.05, 4.69) is 20.4 Å². The molecule has 1 aromatic heterocycles. The zero-order valence-electron chi connectivity index (χ0n) is 16.1. The molecule has 0 saturated carbocycles. The van der Waals surface area contributed by atoms with E-state index in [1.807, 2.05) is 18.9 Å². The molecule has 160 valence electrons. The second-order valence-corrected chi connectivity index (χ2v) is 8.57. The number of hydrogen-bond acceptors (Lipinski definition) is 5. The average molecular weight is 425 g/mol. The van der Waals surface area contributed by atoms with E-state index in [4.69, 9.17) is 0 Å². The SMILES string of the molecule is CCNC(=NCC1CCN(S(=O)(=O)C(F)(F)F)CC1)N(C)Cc1ncnn1C. The fourth-order valence-corrected chi connectivity index (χ4v) is 3.90. The van der Waals surface area contributed by atoms with Gasteiger partial charge in [-0.25, -0.2) is 13.4 Å². The number of rotatable bonds is 6. The second-order valence-electron chi connectivity index (χ2n) is 6.64. The van der Waals surface area contributed by atoms with E-state index in [0.29, 0.717) is 42.7 Å². The third-order valence-electron chi connectivity index (χ3n) is 4.59. The van der Waals surface area contributed by atoms with Crippen LogP contribution in [0.5, 0.6) is 0 Å². The van der Waals surface area contributed by atoms with Gasteiger partial charge in [-0.05, 0) is 25.7 Å². The molecule has 1 fully saturated rings. The van der Waals surface area contributed by atoms with Gasteiger partial charge in [0.05, 0.1) is 6.54 Å². The molecular weight excluding hydrogens is 399 g/mol. The molecule has 0 aliphatic carbocycles. The highest BCUT2D eigenvalue weighted by atomic mass is 32.2. The Labute approximate surface area is 162 Å². The summed E-state index contributed by atoms with van der Waals surface area (Å²) >= 11 is 0. The molecule has 28 heavy (non-hydrogen) atoms. The standard InChI is InChI=1S/C15H26F3N7O2S/c1-4-19-14(23(2)10-13-21-11-22-24(13)3)20-9-12-5-7-25(8-6-12)28(26,27)15(16,17)18/h11-12H,4-10H2,1-3H3,(H,19,20). The van der Waals surface area contributed by atoms with Crippen molar-refractivity contribution >= 4 is 16.0 Å². The van der Waals surface area contributed by atoms with E-state index in [9.17, 15) is 21.6 Å². The van der Waals surface area contributed by atoms with E-state index in [-0.39, 0.29) is 19.0 Å². The Kier molecular flexibility index (Phi) is 7.26. The minimum Gasteiger partial charge on any atom is -0.357 e. The number of nitrogens with zero attached hydrogens (tertiary/aromatic N) is 6. The lowest BCUT2D eigenvalue weighted by molar-refractivity contribution is -0.0496. The van der Waals surface area contributed by atoms with Gasteiger partial charge in [0.2, 0.25) is 0 Å². The number of piperidine rings is 1. The Hall–Kier alpha value is -1.89. The quantitative estimate of drug-likeness (QED) is 0.535. The predicted octanol–water partition coefficient (Wildman–Crippen LogP) is 0.774. The average Bonchev–Trinajstić information content (AvgIpc) is 3.02. The third-order valence-corrected chi connectivity index (χ3v) is 6.22. The van der Waals surface area contributed by atoms with E-state index in [1.165, 1.54) is 6.33 Å². The largest absolute Gasteiger partial charge is 0.511 e. The first kappa shape index (κ1) is 22.4. The van der Waals surface area contributed by atoms with Crippen LogP contribution in [0.25, 0.3) is 0 Å². The number of nitrogens with one attached hydrogen (secondary N) is 1. The van der Waals surface area contributed by atoms with Gasteiger partial charge in [-0.1, -0.05) is 0 Å². The molecule has 0 unspecified atom stereocenters. The molecule has 1 aliphatic heterocycles. The Balaban J connectivity index is 1.94. The third kappa shape index (κ3) is 5.34. The van der Waals surface area contributed by atoms with Crippen molar-refractivity contribution in [1.82, 2.24) is 29.3 Å². The maximum atomic E-state index is 12.6. The summed E-state index contributed by atoms with van der Waals surface area (Å²) in [5.41, 5.74) is -5.25. The minimum atomic E-state index is -5.25. The Morgan fingerprint density at radius 1 is 1.39 bits per heavy atom. The van der Waals surface area contributed by atoms with Gasteiger partial charge in [-0.3, -0.25) is 9.67 Å². The Morgan fingerprint density at radius 3 is 2.54 bits per heavy atom. The molecule has 13 heteroatoms. The number of aromatic nitrogens is 3. The molecule has 2 heterocycles. The first-order chi connectivity index (χ1) is 13.1. The van der Waals surface area contributed by atoms with Crippen molar-refractivity contribution in [3.8, 4) is 0 Å². The van der Waals surface area contributed by atoms with Crippen LogP contribution in [0.2, 0.25) is 0 Å². The van der Waals surface area contributed by atoms with Crippen molar-refractivity contribution in [3.05, 3.63) is 12.2 Å². The van der Waals surface area contributed by atoms with Crippen LogP contribution < -0.4 is 5.32 Å². The number of alkyl halides is 3. The molecule has 0 radical (unpaired) electrons. The van der Waals surface area contributed by atoms with Crippen LogP contribution in [0.1, 0.15) is 25.6 Å². The normalized spacial score (nSPS) is 17.7. The molecule has 1 saturated heterocycles. The van der Waals surface area contributed by atoms with Gasteiger partial charge in [0, 0.05) is 40.3 Å². The minimum absolute atomic E-state index is 0.0246. The zero-order chi connectivity index (χ0) is 20.9. The predicted molar refractivity (Wildman–Crippen MR) is 97.7 cm³/mol. The summed E-state index contributed by atoms with van der Waals surface area (Å²) in [6.45, 7) is 3.20. The fraction of sp³-hybridized carbons (Fsp3) is 0.800. The van der Waals surface area contributed by atoms with Crippen LogP contribution in [-0.4, -0.2) is 77.1 Å². The Morgan fingerprint density at radius 2 is 2.04 bits per heavy atom. The van der Waals surface area contributed by atoms with Crippen molar-refractivity contribution in [2.24, 2.45) is 18.0 Å². The first-order valence-corrected chi connectivity index (χ1v) is 10.4. The van der Waals surface area contributed by atoms with Gasteiger partial charge in [0.15, 0.2) is 5.96 Å². The van der Waals surface area contributed by atoms with Crippen LogP contribution >= 0.6 is 0 Å². The maximum absolute atomic E-state index is 12.6. The van der Waals surface area contributed by atoms with Crippen molar-refractivity contribution in [3.63, 3.8) is 0 Å². The van der Waals surface area contributed by atoms with Crippen molar-refractivity contribution in [2.75, 3.05) is 33.2 Å². The van der Waals surface area contributed by atoms with E-state index in [0.717, 1.165) is 5.82 Å². The number of aliphatic imine (C=N–C) groups is 1. The van der Waals surface area contributed by atoms with Gasteiger partial charge < -0.3 is 10.2 Å². The molecule has 0 amide bonds. The first-order valence-electron chi connectivity index (χ1n) is 8.95. The van der Waals surface area contributed by atoms with E-state index >= 15 is 0 Å². The summed E-state index contributed by atoms with van der Waals surface area (Å²) in [4.78, 5) is 10.6. The molecule has 1 N–H and O–H groups in total. The van der Waals surface area contributed by atoms with Crippen molar-refractivity contribution < 1.29 is 21.6 Å². The lowest BCUT2D eigenvalue weighted by atomic mass is 9.98. The van der Waals surface area contributed by atoms with Crippen LogP contribution in [0.15, 0.2) is 11.3 Å². The maximum Gasteiger partial charge on any atom is 0.511 e. The summed E-state index contributed by atoms with van der Waals surface area (Å²) in [5.74, 6) is 1.44. The number of halogens is 3. The highest BCUT2D eigenvalue weighted by molar-refractivity contribution is 7.90. The van der Waals surface area contributed by atoms with Crippen molar-refractivity contribution in [2.45, 2.75) is 31.8 Å². The summed E-state index contributed by atoms with van der Waals surface area (Å²) in [6.07, 6.45) is 2.15. The van der Waals surface area contributed by atoms with Gasteiger partial charge >= 0.3 is 15.5 Å². The molecule has 0 bridgehead atoms. The molecule has 1 aromatic rings. The van der Waals surface area contributed by atoms with Gasteiger partial charge in [0.25, 0.3) is 0 Å². The number of guanidine groups is 1. The summed E-state index contributed by atoms with van der Waals surface area (Å²) in [7, 11) is -1.60. The molecule has 0 spiro atoms. The molecule has 0 aromatic carbocycles. The lowest BCUT2D eigenvalue weighted by Gasteiger charge is -2.31. The van der Waals surface area contributed by atoms with E-state index < -0.39 is 15.5 Å². The molecule has 0 atom stereocenters. The van der Waals surface area contributed by atoms with Gasteiger partial charge in [-0.2, -0.15) is 22.6 Å². The highest BCUT2D eigenvalue weighted by Crippen LogP contribution is 2.30. The van der Waals surface area contributed by atoms with Crippen molar-refractivity contribution in [1.29, 1.82) is 0 Å². The number of aryl methyl sites for hydroxylation is 1. The van der Waals surface area contributed by atoms with Crippen LogP contribution in [0.4, 0.5) is 13.2 Å². The monoisotopic (exact) mass is 425 g/mol. The van der Waals surface area contributed by atoms with Crippen LogP contribution in [0, 0.1) is 5.92 Å². The summed E-state index contributed by atoms with van der Waals surface area (Å²) in [6, 6.07) is 0. The smallest absolute Gasteiger partial charge is 0.357 e. The van der Waals surface area contributed by atoms with Crippen LogP contribution in [-0.2, 0) is 23.6 Å². The van der Waals surface area contributed by atoms with E-state index in [1.54, 1.807) is 11.7 Å². The number of hydrogen-bond donors (Lipinski definition) is 1. The zero-order valence-corrected chi connectivity index (χ0v) is 17.0. The van der Waals surface area contributed by atoms with Gasteiger partial charge in [-0.15, -0.1) is 0 Å². The van der Waals surface area contributed by atoms with Gasteiger partial charge in [0.1, 0.15) is 12.2 Å². The van der Waals surface area contributed by atoms with Crippen LogP contribution in [0.3, 0.4) is 0 Å². The summed E-state index contributed by atoms with van der Waals surface area (Å²) < 4.78 is 63.1.